The molecule has 0 aromatic rings. The molecule has 0 rings (SSSR count). The van der Waals surface area contributed by atoms with E-state index in [1.165, 1.54) is 0 Å². The lowest BCUT2D eigenvalue weighted by atomic mass is 9.69. The fourth-order valence-electron chi connectivity index (χ4n) is 2.37. The van der Waals surface area contributed by atoms with Crippen LogP contribution in [0.1, 0.15) is 53.4 Å². The molecule has 0 aromatic carbocycles. The number of aliphatic carboxylic acids is 1. The summed E-state index contributed by atoms with van der Waals surface area (Å²) in [6, 6.07) is 0. The van der Waals surface area contributed by atoms with E-state index in [0.29, 0.717) is 5.92 Å². The van der Waals surface area contributed by atoms with Gasteiger partial charge in [0.2, 0.25) is 0 Å². The average molecular weight is 186 g/mol. The molecule has 0 unspecified atom stereocenters. The predicted molar refractivity (Wildman–Crippen MR) is 54.7 cm³/mol. The summed E-state index contributed by atoms with van der Waals surface area (Å²) in [5.41, 5.74) is -0.483. The van der Waals surface area contributed by atoms with E-state index < -0.39 is 11.4 Å². The second-order valence-corrected chi connectivity index (χ2v) is 3.68. The second-order valence-electron chi connectivity index (χ2n) is 3.68. The molecule has 0 radical (unpaired) electrons. The SMILES string of the molecule is CCC(CC)C(CC)(CC)C(=O)O. The summed E-state index contributed by atoms with van der Waals surface area (Å²) < 4.78 is 0. The first-order chi connectivity index (χ1) is 6.08. The molecule has 0 bridgehead atoms. The molecular formula is C11H22O2. The van der Waals surface area contributed by atoms with Crippen LogP contribution in [0.2, 0.25) is 0 Å². The van der Waals surface area contributed by atoms with Gasteiger partial charge in [0.05, 0.1) is 5.41 Å². The number of rotatable bonds is 6. The number of carbonyl (C=O) groups is 1. The van der Waals surface area contributed by atoms with Crippen molar-refractivity contribution in [3.05, 3.63) is 0 Å². The molecule has 0 saturated heterocycles. The lowest BCUT2D eigenvalue weighted by Gasteiger charge is -2.34. The third-order valence-electron chi connectivity index (χ3n) is 3.45. The average Bonchev–Trinajstić information content (AvgIpc) is 2.13. The molecule has 78 valence electrons. The number of carboxylic acid groups (broad SMARTS) is 1. The molecule has 13 heavy (non-hydrogen) atoms. The van der Waals surface area contributed by atoms with Crippen LogP contribution in [0.5, 0.6) is 0 Å². The Morgan fingerprint density at radius 1 is 1.15 bits per heavy atom. The molecule has 0 aliphatic carbocycles. The molecule has 1 N–H and O–H groups in total. The maximum absolute atomic E-state index is 11.2. The molecule has 0 heterocycles. The lowest BCUT2D eigenvalue weighted by molar-refractivity contribution is -0.153. The van der Waals surface area contributed by atoms with Gasteiger partial charge in [0, 0.05) is 0 Å². The van der Waals surface area contributed by atoms with Crippen molar-refractivity contribution in [1.82, 2.24) is 0 Å². The van der Waals surface area contributed by atoms with Crippen molar-refractivity contribution in [2.24, 2.45) is 11.3 Å². The molecule has 2 nitrogen and oxygen atoms in total. The quantitative estimate of drug-likeness (QED) is 0.691. The molecule has 0 aliphatic rings. The van der Waals surface area contributed by atoms with Gasteiger partial charge in [0.15, 0.2) is 0 Å². The van der Waals surface area contributed by atoms with Gasteiger partial charge in [-0.15, -0.1) is 0 Å². The van der Waals surface area contributed by atoms with E-state index in [2.05, 4.69) is 13.8 Å². The second kappa shape index (κ2) is 5.25. The molecule has 0 fully saturated rings. The van der Waals surface area contributed by atoms with Crippen LogP contribution in [-0.4, -0.2) is 11.1 Å². The van der Waals surface area contributed by atoms with Crippen molar-refractivity contribution in [2.75, 3.05) is 0 Å². The Morgan fingerprint density at radius 2 is 1.54 bits per heavy atom. The normalized spacial score (nSPS) is 12.1. The largest absolute Gasteiger partial charge is 0.481 e. The summed E-state index contributed by atoms with van der Waals surface area (Å²) in [5.74, 6) is -0.300. The standard InChI is InChI=1S/C11H22O2/c1-5-9(6-2)11(7-3,8-4)10(12)13/h9H,5-8H2,1-4H3,(H,12,13). The maximum atomic E-state index is 11.2. The van der Waals surface area contributed by atoms with Crippen LogP contribution in [0.15, 0.2) is 0 Å². The van der Waals surface area contributed by atoms with Crippen LogP contribution < -0.4 is 0 Å². The van der Waals surface area contributed by atoms with Gasteiger partial charge in [-0.25, -0.2) is 0 Å². The van der Waals surface area contributed by atoms with Gasteiger partial charge in [-0.1, -0.05) is 40.5 Å². The van der Waals surface area contributed by atoms with E-state index >= 15 is 0 Å². The molecular weight excluding hydrogens is 164 g/mol. The van der Waals surface area contributed by atoms with E-state index in [9.17, 15) is 9.90 Å². The van der Waals surface area contributed by atoms with Crippen molar-refractivity contribution in [2.45, 2.75) is 53.4 Å². The molecule has 0 atom stereocenters. The zero-order valence-electron chi connectivity index (χ0n) is 9.26. The van der Waals surface area contributed by atoms with E-state index in [0.717, 1.165) is 25.7 Å². The first-order valence-corrected chi connectivity index (χ1v) is 5.32. The van der Waals surface area contributed by atoms with Gasteiger partial charge in [-0.2, -0.15) is 0 Å². The van der Waals surface area contributed by atoms with Crippen LogP contribution in [0.3, 0.4) is 0 Å². The fraction of sp³-hybridized carbons (Fsp3) is 0.909. The van der Waals surface area contributed by atoms with Crippen molar-refractivity contribution < 1.29 is 9.90 Å². The monoisotopic (exact) mass is 186 g/mol. The van der Waals surface area contributed by atoms with E-state index in [1.54, 1.807) is 0 Å². The Bertz CT molecular complexity index is 155. The van der Waals surface area contributed by atoms with Gasteiger partial charge in [0.25, 0.3) is 0 Å². The van der Waals surface area contributed by atoms with Gasteiger partial charge >= 0.3 is 5.97 Å². The number of hydrogen-bond donors (Lipinski definition) is 1. The lowest BCUT2D eigenvalue weighted by Crippen LogP contribution is -2.37. The van der Waals surface area contributed by atoms with Crippen LogP contribution >= 0.6 is 0 Å². The Labute approximate surface area is 81.3 Å². The van der Waals surface area contributed by atoms with Crippen LogP contribution in [0, 0.1) is 11.3 Å². The highest BCUT2D eigenvalue weighted by molar-refractivity contribution is 5.74. The molecule has 0 aliphatic heterocycles. The minimum atomic E-state index is -0.619. The van der Waals surface area contributed by atoms with Gasteiger partial charge < -0.3 is 5.11 Å². The molecule has 0 saturated carbocycles. The summed E-state index contributed by atoms with van der Waals surface area (Å²) in [7, 11) is 0. The third-order valence-corrected chi connectivity index (χ3v) is 3.45. The van der Waals surface area contributed by atoms with Gasteiger partial charge in [-0.05, 0) is 18.8 Å². The maximum Gasteiger partial charge on any atom is 0.309 e. The Balaban J connectivity index is 4.82. The number of hydrogen-bond acceptors (Lipinski definition) is 1. The molecule has 2 heteroatoms. The predicted octanol–water partition coefficient (Wildman–Crippen LogP) is 3.31. The summed E-state index contributed by atoms with van der Waals surface area (Å²) in [4.78, 5) is 11.2. The highest BCUT2D eigenvalue weighted by Crippen LogP contribution is 2.39. The highest BCUT2D eigenvalue weighted by Gasteiger charge is 2.40. The van der Waals surface area contributed by atoms with Crippen LogP contribution in [0.4, 0.5) is 0 Å². The minimum Gasteiger partial charge on any atom is -0.481 e. The van der Waals surface area contributed by atoms with Crippen molar-refractivity contribution in [3.63, 3.8) is 0 Å². The van der Waals surface area contributed by atoms with Crippen molar-refractivity contribution in [1.29, 1.82) is 0 Å². The van der Waals surface area contributed by atoms with Crippen LogP contribution in [-0.2, 0) is 4.79 Å². The summed E-state index contributed by atoms with van der Waals surface area (Å²) in [6.45, 7) is 8.13. The van der Waals surface area contributed by atoms with Crippen LogP contribution in [0.25, 0.3) is 0 Å². The first kappa shape index (κ1) is 12.5. The Kier molecular flexibility index (Phi) is 5.04. The van der Waals surface area contributed by atoms with E-state index in [1.807, 2.05) is 13.8 Å². The Hall–Kier alpha value is -0.530. The molecule has 0 amide bonds. The van der Waals surface area contributed by atoms with Crippen molar-refractivity contribution >= 4 is 5.97 Å². The topological polar surface area (TPSA) is 37.3 Å². The first-order valence-electron chi connectivity index (χ1n) is 5.32. The smallest absolute Gasteiger partial charge is 0.309 e. The summed E-state index contributed by atoms with van der Waals surface area (Å²) in [5, 5.41) is 9.26. The van der Waals surface area contributed by atoms with Gasteiger partial charge in [-0.3, -0.25) is 4.79 Å². The Morgan fingerprint density at radius 3 is 1.62 bits per heavy atom. The van der Waals surface area contributed by atoms with E-state index in [-0.39, 0.29) is 0 Å². The zero-order chi connectivity index (χ0) is 10.5. The summed E-state index contributed by atoms with van der Waals surface area (Å²) >= 11 is 0. The third kappa shape index (κ3) is 2.23. The zero-order valence-corrected chi connectivity index (χ0v) is 9.26. The minimum absolute atomic E-state index is 0.319. The number of carboxylic acids is 1. The highest BCUT2D eigenvalue weighted by atomic mass is 16.4. The fourth-order valence-corrected chi connectivity index (χ4v) is 2.37. The molecule has 0 spiro atoms. The summed E-state index contributed by atoms with van der Waals surface area (Å²) in [6.07, 6.45) is 3.41. The van der Waals surface area contributed by atoms with Crippen molar-refractivity contribution in [3.8, 4) is 0 Å². The molecule has 0 aromatic heterocycles. The van der Waals surface area contributed by atoms with E-state index in [4.69, 9.17) is 0 Å². The van der Waals surface area contributed by atoms with Gasteiger partial charge in [0.1, 0.15) is 0 Å².